The van der Waals surface area contributed by atoms with Crippen molar-refractivity contribution in [2.24, 2.45) is 0 Å². The molecule has 1 aromatic heterocycles. The molecule has 0 saturated carbocycles. The number of hydrogen-bond donors (Lipinski definition) is 1. The molecule has 0 unspecified atom stereocenters. The number of nitrogens with zero attached hydrogens (tertiary/aromatic N) is 2. The van der Waals surface area contributed by atoms with Crippen molar-refractivity contribution in [2.75, 3.05) is 5.32 Å². The molecular weight excluding hydrogens is 365 g/mol. The molecule has 100 valence electrons. The molecule has 0 bridgehead atoms. The number of halogens is 3. The molecule has 2 rings (SSSR count). The van der Waals surface area contributed by atoms with Gasteiger partial charge in [0, 0.05) is 10.7 Å². The molecule has 7 heteroatoms. The van der Waals surface area contributed by atoms with Crippen LogP contribution in [0.5, 0.6) is 0 Å². The molecule has 0 aliphatic heterocycles. The van der Waals surface area contributed by atoms with Crippen molar-refractivity contribution in [2.45, 2.75) is 0 Å². The van der Waals surface area contributed by atoms with E-state index in [2.05, 4.69) is 26.2 Å². The van der Waals surface area contributed by atoms with Crippen LogP contribution in [0.15, 0.2) is 34.9 Å². The lowest BCUT2D eigenvalue weighted by Crippen LogP contribution is -2.13. The molecule has 20 heavy (non-hydrogen) atoms. The molecule has 1 aromatic carbocycles. The van der Waals surface area contributed by atoms with Crippen LogP contribution < -0.4 is 5.32 Å². The van der Waals surface area contributed by atoms with Gasteiger partial charge in [-0.25, -0.2) is 4.98 Å². The molecule has 2 aromatic rings. The predicted octanol–water partition coefficient (Wildman–Crippen LogP) is 4.27. The standard InChI is InChI=1S/C13H6BrCl2N3O/c14-9-2-1-7(5-17)11(4-9)19-13(20)8-3-10(15)12(16)18-6-8/h1-4,6H,(H,19,20). The quantitative estimate of drug-likeness (QED) is 0.802. The van der Waals surface area contributed by atoms with Crippen molar-refractivity contribution in [3.63, 3.8) is 0 Å². The molecule has 1 N–H and O–H groups in total. The second-order valence-corrected chi connectivity index (χ2v) is 5.43. The predicted molar refractivity (Wildman–Crippen MR) is 81.1 cm³/mol. The topological polar surface area (TPSA) is 65.8 Å². The van der Waals surface area contributed by atoms with E-state index in [0.717, 1.165) is 4.47 Å². The largest absolute Gasteiger partial charge is 0.321 e. The fourth-order valence-electron chi connectivity index (χ4n) is 1.46. The molecule has 1 heterocycles. The molecule has 1 amide bonds. The lowest BCUT2D eigenvalue weighted by molar-refractivity contribution is 0.102. The van der Waals surface area contributed by atoms with Crippen LogP contribution in [0.4, 0.5) is 5.69 Å². The Kier molecular flexibility index (Phi) is 4.61. The number of aromatic nitrogens is 1. The Hall–Kier alpha value is -1.61. The van der Waals surface area contributed by atoms with E-state index in [-0.39, 0.29) is 15.7 Å². The summed E-state index contributed by atoms with van der Waals surface area (Å²) >= 11 is 14.8. The Morgan fingerprint density at radius 3 is 2.75 bits per heavy atom. The number of pyridine rings is 1. The third-order valence-corrected chi connectivity index (χ3v) is 3.59. The maximum atomic E-state index is 12.1. The lowest BCUT2D eigenvalue weighted by Gasteiger charge is -2.08. The lowest BCUT2D eigenvalue weighted by atomic mass is 10.2. The van der Waals surface area contributed by atoms with E-state index in [1.807, 2.05) is 6.07 Å². The summed E-state index contributed by atoms with van der Waals surface area (Å²) in [5.74, 6) is -0.425. The molecule has 0 spiro atoms. The van der Waals surface area contributed by atoms with Gasteiger partial charge >= 0.3 is 0 Å². The van der Waals surface area contributed by atoms with E-state index < -0.39 is 5.91 Å². The van der Waals surface area contributed by atoms with Gasteiger partial charge in [-0.1, -0.05) is 39.1 Å². The van der Waals surface area contributed by atoms with Crippen molar-refractivity contribution in [1.82, 2.24) is 4.98 Å². The zero-order chi connectivity index (χ0) is 14.7. The van der Waals surface area contributed by atoms with E-state index in [1.165, 1.54) is 12.3 Å². The molecule has 0 atom stereocenters. The van der Waals surface area contributed by atoms with Crippen LogP contribution in [-0.2, 0) is 0 Å². The van der Waals surface area contributed by atoms with Crippen LogP contribution in [0.3, 0.4) is 0 Å². The number of carbonyl (C=O) groups excluding carboxylic acids is 1. The fraction of sp³-hybridized carbons (Fsp3) is 0. The van der Waals surface area contributed by atoms with Crippen LogP contribution in [0, 0.1) is 11.3 Å². The van der Waals surface area contributed by atoms with Crippen LogP contribution in [0.2, 0.25) is 10.2 Å². The number of benzene rings is 1. The monoisotopic (exact) mass is 369 g/mol. The summed E-state index contributed by atoms with van der Waals surface area (Å²) in [6.07, 6.45) is 1.31. The van der Waals surface area contributed by atoms with Crippen molar-refractivity contribution in [1.29, 1.82) is 5.26 Å². The minimum absolute atomic E-state index is 0.128. The van der Waals surface area contributed by atoms with Crippen LogP contribution in [0.25, 0.3) is 0 Å². The SMILES string of the molecule is N#Cc1ccc(Br)cc1NC(=O)c1cnc(Cl)c(Cl)c1. The Bertz CT molecular complexity index is 728. The van der Waals surface area contributed by atoms with Crippen molar-refractivity contribution < 1.29 is 4.79 Å². The van der Waals surface area contributed by atoms with E-state index in [4.69, 9.17) is 28.5 Å². The van der Waals surface area contributed by atoms with Gasteiger partial charge in [0.2, 0.25) is 0 Å². The molecule has 4 nitrogen and oxygen atoms in total. The highest BCUT2D eigenvalue weighted by molar-refractivity contribution is 9.10. The Balaban J connectivity index is 2.30. The number of hydrogen-bond acceptors (Lipinski definition) is 3. The first-order valence-corrected chi connectivity index (χ1v) is 6.88. The highest BCUT2D eigenvalue weighted by atomic mass is 79.9. The van der Waals surface area contributed by atoms with E-state index in [0.29, 0.717) is 11.3 Å². The first-order chi connectivity index (χ1) is 9.51. The third kappa shape index (κ3) is 3.28. The zero-order valence-electron chi connectivity index (χ0n) is 9.82. The van der Waals surface area contributed by atoms with Gasteiger partial charge in [0.15, 0.2) is 0 Å². The fourth-order valence-corrected chi connectivity index (χ4v) is 2.09. The Morgan fingerprint density at radius 2 is 2.10 bits per heavy atom. The van der Waals surface area contributed by atoms with Gasteiger partial charge in [-0.3, -0.25) is 4.79 Å². The summed E-state index contributed by atoms with van der Waals surface area (Å²) in [6.45, 7) is 0. The summed E-state index contributed by atoms with van der Waals surface area (Å²) in [5.41, 5.74) is 1.01. The second-order valence-electron chi connectivity index (χ2n) is 3.75. The molecular formula is C13H6BrCl2N3O. The number of carbonyl (C=O) groups is 1. The van der Waals surface area contributed by atoms with Crippen molar-refractivity contribution in [3.8, 4) is 6.07 Å². The maximum Gasteiger partial charge on any atom is 0.257 e. The number of nitriles is 1. The normalized spacial score (nSPS) is 9.90. The average Bonchev–Trinajstić information content (AvgIpc) is 2.42. The molecule has 0 aliphatic carbocycles. The summed E-state index contributed by atoms with van der Waals surface area (Å²) in [4.78, 5) is 15.9. The maximum absolute atomic E-state index is 12.1. The highest BCUT2D eigenvalue weighted by Gasteiger charge is 2.12. The van der Waals surface area contributed by atoms with Gasteiger partial charge in [-0.05, 0) is 24.3 Å². The van der Waals surface area contributed by atoms with Gasteiger partial charge in [-0.2, -0.15) is 5.26 Å². The molecule has 0 saturated heterocycles. The number of nitrogens with one attached hydrogen (secondary N) is 1. The van der Waals surface area contributed by atoms with Gasteiger partial charge in [0.1, 0.15) is 11.2 Å². The van der Waals surface area contributed by atoms with Crippen molar-refractivity contribution in [3.05, 3.63) is 56.2 Å². The number of anilines is 1. The van der Waals surface area contributed by atoms with E-state index in [9.17, 15) is 4.79 Å². The van der Waals surface area contributed by atoms with Gasteiger partial charge in [0.25, 0.3) is 5.91 Å². The Labute approximate surface area is 133 Å². The van der Waals surface area contributed by atoms with E-state index >= 15 is 0 Å². The minimum Gasteiger partial charge on any atom is -0.321 e. The van der Waals surface area contributed by atoms with Crippen LogP contribution in [0.1, 0.15) is 15.9 Å². The summed E-state index contributed by atoms with van der Waals surface area (Å²) in [5, 5.41) is 12.0. The van der Waals surface area contributed by atoms with Crippen LogP contribution >= 0.6 is 39.1 Å². The first kappa shape index (κ1) is 14.8. The average molecular weight is 371 g/mol. The molecule has 0 radical (unpaired) electrons. The van der Waals surface area contributed by atoms with Gasteiger partial charge in [-0.15, -0.1) is 0 Å². The van der Waals surface area contributed by atoms with Gasteiger partial charge in [0.05, 0.1) is 21.8 Å². The second kappa shape index (κ2) is 6.23. The number of amides is 1. The highest BCUT2D eigenvalue weighted by Crippen LogP contribution is 2.23. The van der Waals surface area contributed by atoms with Gasteiger partial charge < -0.3 is 5.32 Å². The molecule has 0 aliphatic rings. The minimum atomic E-state index is -0.425. The molecule has 0 fully saturated rings. The smallest absolute Gasteiger partial charge is 0.257 e. The third-order valence-electron chi connectivity index (χ3n) is 2.41. The Morgan fingerprint density at radius 1 is 1.35 bits per heavy atom. The summed E-state index contributed by atoms with van der Waals surface area (Å²) < 4.78 is 0.749. The van der Waals surface area contributed by atoms with Crippen LogP contribution in [-0.4, -0.2) is 10.9 Å². The zero-order valence-corrected chi connectivity index (χ0v) is 12.9. The van der Waals surface area contributed by atoms with Crippen molar-refractivity contribution >= 4 is 50.7 Å². The first-order valence-electron chi connectivity index (χ1n) is 5.33. The summed E-state index contributed by atoms with van der Waals surface area (Å²) in [6, 6.07) is 8.38. The summed E-state index contributed by atoms with van der Waals surface area (Å²) in [7, 11) is 0. The number of rotatable bonds is 2. The van der Waals surface area contributed by atoms with E-state index in [1.54, 1.807) is 18.2 Å².